The first kappa shape index (κ1) is 15.9. The number of rotatable bonds is 2. The topological polar surface area (TPSA) is 79.4 Å². The van der Waals surface area contributed by atoms with Crippen molar-refractivity contribution in [3.63, 3.8) is 0 Å². The van der Waals surface area contributed by atoms with E-state index in [2.05, 4.69) is 16.0 Å². The highest BCUT2D eigenvalue weighted by Crippen LogP contribution is 2.22. The zero-order valence-electron chi connectivity index (χ0n) is 14.7. The van der Waals surface area contributed by atoms with E-state index in [1.54, 1.807) is 29.3 Å². The molecule has 6 nitrogen and oxygen atoms in total. The maximum Gasteiger partial charge on any atom is 0.328 e. The fraction of sp³-hybridized carbons (Fsp3) is 0.150. The number of nitrogens with zero attached hydrogens (tertiary/aromatic N) is 4. The second kappa shape index (κ2) is 5.74. The van der Waals surface area contributed by atoms with Gasteiger partial charge in [-0.25, -0.2) is 9.78 Å². The first-order valence-electron chi connectivity index (χ1n) is 8.22. The Morgan fingerprint density at radius 3 is 2.69 bits per heavy atom. The van der Waals surface area contributed by atoms with Crippen molar-refractivity contribution in [3.8, 4) is 6.07 Å². The first-order chi connectivity index (χ1) is 12.5. The highest BCUT2D eigenvalue weighted by atomic mass is 16.1. The molecule has 0 radical (unpaired) electrons. The van der Waals surface area contributed by atoms with Gasteiger partial charge in [0.1, 0.15) is 11.9 Å². The molecule has 0 spiro atoms. The van der Waals surface area contributed by atoms with Crippen LogP contribution in [0, 0.1) is 18.3 Å². The van der Waals surface area contributed by atoms with Crippen molar-refractivity contribution in [1.82, 2.24) is 19.1 Å². The number of hydrogen-bond acceptors (Lipinski definition) is 3. The summed E-state index contributed by atoms with van der Waals surface area (Å²) in [5.41, 5.74) is 5.75. The van der Waals surface area contributed by atoms with Crippen LogP contribution in [-0.4, -0.2) is 19.1 Å². The van der Waals surface area contributed by atoms with Crippen LogP contribution in [0.2, 0.25) is 0 Å². The van der Waals surface area contributed by atoms with Crippen molar-refractivity contribution in [2.24, 2.45) is 14.1 Å². The Morgan fingerprint density at radius 2 is 1.92 bits per heavy atom. The summed E-state index contributed by atoms with van der Waals surface area (Å²) in [5, 5.41) is 9.60. The number of aryl methyl sites for hydroxylation is 3. The number of aromatic nitrogens is 4. The maximum atomic E-state index is 12.1. The standard InChI is InChI=1S/C20H17N5O/c1-12-4-6-15-16(8-12)23-19(22-15)14(11-21)9-13-5-7-17-18(10-13)25(3)20(26)24(17)2/h4-10H,1-3H3,(H,22,23)/b14-9-. The third-order valence-corrected chi connectivity index (χ3v) is 4.62. The summed E-state index contributed by atoms with van der Waals surface area (Å²) < 4.78 is 3.21. The minimum Gasteiger partial charge on any atom is -0.337 e. The molecular weight excluding hydrogens is 326 g/mol. The summed E-state index contributed by atoms with van der Waals surface area (Å²) >= 11 is 0. The molecule has 0 aliphatic heterocycles. The van der Waals surface area contributed by atoms with Gasteiger partial charge < -0.3 is 4.98 Å². The van der Waals surface area contributed by atoms with Crippen molar-refractivity contribution in [2.75, 3.05) is 0 Å². The highest BCUT2D eigenvalue weighted by Gasteiger charge is 2.10. The second-order valence-corrected chi connectivity index (χ2v) is 6.42. The molecule has 128 valence electrons. The average Bonchev–Trinajstić information content (AvgIpc) is 3.14. The van der Waals surface area contributed by atoms with Crippen molar-refractivity contribution in [3.05, 3.63) is 63.8 Å². The van der Waals surface area contributed by atoms with Gasteiger partial charge >= 0.3 is 5.69 Å². The molecule has 2 aromatic heterocycles. The van der Waals surface area contributed by atoms with Gasteiger partial charge in [-0.05, 0) is 48.4 Å². The monoisotopic (exact) mass is 343 g/mol. The fourth-order valence-corrected chi connectivity index (χ4v) is 3.18. The van der Waals surface area contributed by atoms with Crippen LogP contribution in [0.3, 0.4) is 0 Å². The first-order valence-corrected chi connectivity index (χ1v) is 8.22. The molecule has 0 atom stereocenters. The lowest BCUT2D eigenvalue weighted by molar-refractivity contribution is 0.795. The Hall–Kier alpha value is -3.59. The molecule has 0 amide bonds. The number of hydrogen-bond donors (Lipinski definition) is 1. The molecule has 0 saturated heterocycles. The van der Waals surface area contributed by atoms with E-state index >= 15 is 0 Å². The minimum absolute atomic E-state index is 0.0747. The van der Waals surface area contributed by atoms with Gasteiger partial charge in [-0.2, -0.15) is 5.26 Å². The van der Waals surface area contributed by atoms with Crippen LogP contribution in [0.5, 0.6) is 0 Å². The van der Waals surface area contributed by atoms with E-state index in [1.165, 1.54) is 0 Å². The van der Waals surface area contributed by atoms with Crippen molar-refractivity contribution >= 4 is 33.7 Å². The van der Waals surface area contributed by atoms with E-state index in [1.807, 2.05) is 43.3 Å². The van der Waals surface area contributed by atoms with Gasteiger partial charge in [-0.1, -0.05) is 12.1 Å². The van der Waals surface area contributed by atoms with E-state index in [9.17, 15) is 10.1 Å². The molecule has 0 saturated carbocycles. The molecule has 0 aliphatic rings. The van der Waals surface area contributed by atoms with Crippen LogP contribution in [0.25, 0.3) is 33.7 Å². The summed E-state index contributed by atoms with van der Waals surface area (Å²) in [7, 11) is 3.49. The smallest absolute Gasteiger partial charge is 0.328 e. The molecule has 6 heteroatoms. The second-order valence-electron chi connectivity index (χ2n) is 6.42. The number of imidazole rings is 2. The molecular formula is C20H17N5O. The van der Waals surface area contributed by atoms with Crippen LogP contribution in [0.4, 0.5) is 0 Å². The summed E-state index contributed by atoms with van der Waals surface area (Å²) in [6.45, 7) is 2.01. The van der Waals surface area contributed by atoms with Crippen molar-refractivity contribution in [1.29, 1.82) is 5.26 Å². The molecule has 4 rings (SSSR count). The number of aromatic amines is 1. The number of fused-ring (bicyclic) bond motifs is 2. The molecule has 0 aliphatic carbocycles. The molecule has 0 unspecified atom stereocenters. The van der Waals surface area contributed by atoms with E-state index in [0.29, 0.717) is 11.4 Å². The number of nitrogens with one attached hydrogen (secondary N) is 1. The molecule has 4 aromatic rings. The van der Waals surface area contributed by atoms with Gasteiger partial charge in [-0.15, -0.1) is 0 Å². The Balaban J connectivity index is 1.84. The lowest BCUT2D eigenvalue weighted by atomic mass is 10.1. The number of benzene rings is 2. The zero-order valence-corrected chi connectivity index (χ0v) is 14.7. The van der Waals surface area contributed by atoms with Crippen LogP contribution < -0.4 is 5.69 Å². The van der Waals surface area contributed by atoms with E-state index < -0.39 is 0 Å². The summed E-state index contributed by atoms with van der Waals surface area (Å²) in [5.74, 6) is 0.537. The fourth-order valence-electron chi connectivity index (χ4n) is 3.18. The third-order valence-electron chi connectivity index (χ3n) is 4.62. The van der Waals surface area contributed by atoms with Crippen LogP contribution >= 0.6 is 0 Å². The SMILES string of the molecule is Cc1ccc2nc(/C(C#N)=C\c3ccc4c(c3)n(C)c(=O)n4C)[nH]c2c1. The van der Waals surface area contributed by atoms with Crippen LogP contribution in [0.15, 0.2) is 41.2 Å². The minimum atomic E-state index is -0.0747. The van der Waals surface area contributed by atoms with Gasteiger partial charge in [0, 0.05) is 14.1 Å². The average molecular weight is 343 g/mol. The predicted octanol–water partition coefficient (Wildman–Crippen LogP) is 3.13. The van der Waals surface area contributed by atoms with E-state index in [4.69, 9.17) is 0 Å². The quantitative estimate of drug-likeness (QED) is 0.568. The summed E-state index contributed by atoms with van der Waals surface area (Å²) in [6.07, 6.45) is 1.78. The van der Waals surface area contributed by atoms with Gasteiger partial charge in [-0.3, -0.25) is 9.13 Å². The Labute approximate surface area is 149 Å². The van der Waals surface area contributed by atoms with Gasteiger partial charge in [0.05, 0.1) is 27.6 Å². The van der Waals surface area contributed by atoms with Crippen molar-refractivity contribution in [2.45, 2.75) is 6.92 Å². The predicted molar refractivity (Wildman–Crippen MR) is 102 cm³/mol. The Morgan fingerprint density at radius 1 is 1.15 bits per heavy atom. The Kier molecular flexibility index (Phi) is 3.51. The highest BCUT2D eigenvalue weighted by molar-refractivity contribution is 5.92. The molecule has 26 heavy (non-hydrogen) atoms. The summed E-state index contributed by atoms with van der Waals surface area (Å²) in [6, 6.07) is 13.8. The number of H-pyrrole nitrogens is 1. The molecule has 1 N–H and O–H groups in total. The van der Waals surface area contributed by atoms with E-state index in [0.717, 1.165) is 33.2 Å². The van der Waals surface area contributed by atoms with E-state index in [-0.39, 0.29) is 5.69 Å². The van der Waals surface area contributed by atoms with Gasteiger partial charge in [0.2, 0.25) is 0 Å². The van der Waals surface area contributed by atoms with Crippen molar-refractivity contribution < 1.29 is 0 Å². The maximum absolute atomic E-state index is 12.1. The number of allylic oxidation sites excluding steroid dienone is 1. The Bertz CT molecular complexity index is 1290. The zero-order chi connectivity index (χ0) is 18.4. The van der Waals surface area contributed by atoms with Crippen LogP contribution in [0.1, 0.15) is 17.0 Å². The van der Waals surface area contributed by atoms with Crippen LogP contribution in [-0.2, 0) is 14.1 Å². The van der Waals surface area contributed by atoms with Gasteiger partial charge in [0.25, 0.3) is 0 Å². The molecule has 2 heterocycles. The third kappa shape index (κ3) is 2.42. The lowest BCUT2D eigenvalue weighted by Crippen LogP contribution is -2.19. The number of nitriles is 1. The molecule has 2 aromatic carbocycles. The van der Waals surface area contributed by atoms with Gasteiger partial charge in [0.15, 0.2) is 0 Å². The molecule has 0 bridgehead atoms. The molecule has 0 fully saturated rings. The summed E-state index contributed by atoms with van der Waals surface area (Å²) in [4.78, 5) is 19.8. The largest absolute Gasteiger partial charge is 0.337 e. The normalized spacial score (nSPS) is 12.0. The lowest BCUT2D eigenvalue weighted by Gasteiger charge is -1.99.